The quantitative estimate of drug-likeness (QED) is 0.909. The summed E-state index contributed by atoms with van der Waals surface area (Å²) in [6, 6.07) is 7.41. The molecule has 1 aliphatic heterocycles. The Balaban J connectivity index is 1.58. The first kappa shape index (κ1) is 16.8. The van der Waals surface area contributed by atoms with Gasteiger partial charge >= 0.3 is 0 Å². The number of nitrogens with one attached hydrogen (secondary N) is 1. The molecule has 2 aromatic rings. The number of imidazole rings is 1. The van der Waals surface area contributed by atoms with Gasteiger partial charge in [-0.15, -0.1) is 0 Å². The lowest BCUT2D eigenvalue weighted by atomic mass is 9.93. The predicted molar refractivity (Wildman–Crippen MR) is 101 cm³/mol. The molecule has 1 spiro atoms. The van der Waals surface area contributed by atoms with Crippen molar-refractivity contribution in [1.82, 2.24) is 19.8 Å². The van der Waals surface area contributed by atoms with Crippen LogP contribution >= 0.6 is 0 Å². The van der Waals surface area contributed by atoms with Gasteiger partial charge in [0.05, 0.1) is 6.54 Å². The number of piperidine rings is 1. The number of hydrogen-bond donors (Lipinski definition) is 1. The highest BCUT2D eigenvalue weighted by molar-refractivity contribution is 5.33. The van der Waals surface area contributed by atoms with Crippen molar-refractivity contribution in [3.8, 4) is 0 Å². The molecule has 4 nitrogen and oxygen atoms in total. The van der Waals surface area contributed by atoms with E-state index in [9.17, 15) is 0 Å². The minimum absolute atomic E-state index is 0.550. The molecule has 2 fully saturated rings. The highest BCUT2D eigenvalue weighted by atomic mass is 15.2. The van der Waals surface area contributed by atoms with Crippen LogP contribution in [0.3, 0.4) is 0 Å². The molecule has 0 bridgehead atoms. The SMILES string of the molecule is Cc1cccc(CN(Cc2nccn2C)[C@H]2CC23CCNCC3)c1C. The number of nitrogens with zero attached hydrogens (tertiary/aromatic N) is 3. The third-order valence-corrected chi connectivity index (χ3v) is 6.54. The second kappa shape index (κ2) is 6.58. The number of aryl methyl sites for hydroxylation is 2. The smallest absolute Gasteiger partial charge is 0.122 e. The van der Waals surface area contributed by atoms with Crippen LogP contribution in [0.2, 0.25) is 0 Å². The monoisotopic (exact) mass is 338 g/mol. The molecule has 1 aromatic heterocycles. The van der Waals surface area contributed by atoms with Crippen LogP contribution in [-0.2, 0) is 20.1 Å². The van der Waals surface area contributed by atoms with Crippen LogP contribution < -0.4 is 5.32 Å². The Kier molecular flexibility index (Phi) is 4.42. The molecular formula is C21H30N4. The minimum Gasteiger partial charge on any atom is -0.337 e. The molecule has 0 amide bonds. The number of aromatic nitrogens is 2. The van der Waals surface area contributed by atoms with E-state index in [-0.39, 0.29) is 0 Å². The molecule has 25 heavy (non-hydrogen) atoms. The number of rotatable bonds is 5. The fourth-order valence-corrected chi connectivity index (χ4v) is 4.51. The van der Waals surface area contributed by atoms with Crippen LogP contribution in [-0.4, -0.2) is 33.6 Å². The van der Waals surface area contributed by atoms with E-state index in [2.05, 4.69) is 65.1 Å². The zero-order chi connectivity index (χ0) is 17.4. The van der Waals surface area contributed by atoms with Crippen LogP contribution in [0.4, 0.5) is 0 Å². The van der Waals surface area contributed by atoms with Gasteiger partial charge in [-0.1, -0.05) is 18.2 Å². The van der Waals surface area contributed by atoms with Gasteiger partial charge in [-0.25, -0.2) is 4.98 Å². The Hall–Kier alpha value is -1.65. The van der Waals surface area contributed by atoms with Crippen molar-refractivity contribution in [3.63, 3.8) is 0 Å². The lowest BCUT2D eigenvalue weighted by molar-refractivity contribution is 0.182. The molecule has 4 heteroatoms. The van der Waals surface area contributed by atoms with Crippen molar-refractivity contribution in [2.45, 2.75) is 52.2 Å². The maximum atomic E-state index is 4.59. The summed E-state index contributed by atoms with van der Waals surface area (Å²) in [5.41, 5.74) is 4.84. The third-order valence-electron chi connectivity index (χ3n) is 6.54. The van der Waals surface area contributed by atoms with Gasteiger partial charge in [-0.05, 0) is 68.3 Å². The van der Waals surface area contributed by atoms with Gasteiger partial charge in [0.15, 0.2) is 0 Å². The lowest BCUT2D eigenvalue weighted by Gasteiger charge is -2.30. The van der Waals surface area contributed by atoms with Crippen molar-refractivity contribution in [1.29, 1.82) is 0 Å². The maximum Gasteiger partial charge on any atom is 0.122 e. The van der Waals surface area contributed by atoms with Crippen LogP contribution in [0.15, 0.2) is 30.6 Å². The van der Waals surface area contributed by atoms with Crippen LogP contribution in [0.1, 0.15) is 41.8 Å². The zero-order valence-electron chi connectivity index (χ0n) is 15.8. The van der Waals surface area contributed by atoms with Gasteiger partial charge in [0.1, 0.15) is 5.82 Å². The normalized spacial score (nSPS) is 21.8. The molecule has 1 N–H and O–H groups in total. The molecule has 0 unspecified atom stereocenters. The highest BCUT2D eigenvalue weighted by Crippen LogP contribution is 2.56. The number of benzene rings is 1. The van der Waals surface area contributed by atoms with Gasteiger partial charge in [0.2, 0.25) is 0 Å². The summed E-state index contributed by atoms with van der Waals surface area (Å²) in [7, 11) is 2.10. The van der Waals surface area contributed by atoms with Gasteiger partial charge < -0.3 is 9.88 Å². The van der Waals surface area contributed by atoms with Gasteiger partial charge in [-0.2, -0.15) is 0 Å². The summed E-state index contributed by atoms with van der Waals surface area (Å²) in [5.74, 6) is 1.17. The van der Waals surface area contributed by atoms with Crippen molar-refractivity contribution < 1.29 is 0 Å². The van der Waals surface area contributed by atoms with Crippen molar-refractivity contribution in [3.05, 3.63) is 53.1 Å². The minimum atomic E-state index is 0.550. The molecule has 0 radical (unpaired) electrons. The van der Waals surface area contributed by atoms with E-state index in [1.165, 1.54) is 54.9 Å². The van der Waals surface area contributed by atoms with Gasteiger partial charge in [-0.3, -0.25) is 4.90 Å². The summed E-state index contributed by atoms with van der Waals surface area (Å²) in [4.78, 5) is 7.28. The third kappa shape index (κ3) is 3.25. The van der Waals surface area contributed by atoms with Crippen LogP contribution in [0.5, 0.6) is 0 Å². The Bertz CT molecular complexity index is 742. The van der Waals surface area contributed by atoms with E-state index < -0.39 is 0 Å². The largest absolute Gasteiger partial charge is 0.337 e. The van der Waals surface area contributed by atoms with E-state index in [0.29, 0.717) is 11.5 Å². The summed E-state index contributed by atoms with van der Waals surface area (Å²) in [6.07, 6.45) is 7.96. The van der Waals surface area contributed by atoms with Gasteiger partial charge in [0, 0.05) is 32.0 Å². The topological polar surface area (TPSA) is 33.1 Å². The zero-order valence-corrected chi connectivity index (χ0v) is 15.8. The molecule has 2 aliphatic rings. The second-order valence-corrected chi connectivity index (χ2v) is 8.05. The molecule has 1 aromatic carbocycles. The Labute approximate surface area is 151 Å². The fraction of sp³-hybridized carbons (Fsp3) is 0.571. The molecule has 2 heterocycles. The molecule has 1 saturated heterocycles. The van der Waals surface area contributed by atoms with Gasteiger partial charge in [0.25, 0.3) is 0 Å². The average Bonchev–Trinajstić information content (AvgIpc) is 3.13. The second-order valence-electron chi connectivity index (χ2n) is 8.05. The maximum absolute atomic E-state index is 4.59. The van der Waals surface area contributed by atoms with E-state index in [4.69, 9.17) is 0 Å². The predicted octanol–water partition coefficient (Wildman–Crippen LogP) is 3.18. The van der Waals surface area contributed by atoms with Crippen molar-refractivity contribution in [2.24, 2.45) is 12.5 Å². The number of hydrogen-bond acceptors (Lipinski definition) is 3. The molecule has 1 saturated carbocycles. The van der Waals surface area contributed by atoms with Crippen LogP contribution in [0, 0.1) is 19.3 Å². The molecule has 4 rings (SSSR count). The lowest BCUT2D eigenvalue weighted by Crippen LogP contribution is -2.36. The standard InChI is InChI=1S/C21H30N4/c1-16-5-4-6-18(17(16)2)14-25(15-20-23-11-12-24(20)3)19-13-21(19)7-9-22-10-8-21/h4-6,11-12,19,22H,7-10,13-15H2,1-3H3/t19-/m0/s1. The first-order valence-corrected chi connectivity index (χ1v) is 9.55. The van der Waals surface area contributed by atoms with E-state index in [0.717, 1.165) is 13.1 Å². The van der Waals surface area contributed by atoms with E-state index in [1.54, 1.807) is 0 Å². The first-order chi connectivity index (χ1) is 12.1. The molecular weight excluding hydrogens is 308 g/mol. The molecule has 134 valence electrons. The first-order valence-electron chi connectivity index (χ1n) is 9.55. The summed E-state index contributed by atoms with van der Waals surface area (Å²) in [6.45, 7) is 8.80. The summed E-state index contributed by atoms with van der Waals surface area (Å²) >= 11 is 0. The summed E-state index contributed by atoms with van der Waals surface area (Å²) < 4.78 is 2.16. The molecule has 1 aliphatic carbocycles. The van der Waals surface area contributed by atoms with E-state index in [1.807, 2.05) is 6.20 Å². The van der Waals surface area contributed by atoms with Crippen molar-refractivity contribution >= 4 is 0 Å². The highest BCUT2D eigenvalue weighted by Gasteiger charge is 2.56. The van der Waals surface area contributed by atoms with Crippen molar-refractivity contribution in [2.75, 3.05) is 13.1 Å². The average molecular weight is 338 g/mol. The molecule has 1 atom stereocenters. The fourth-order valence-electron chi connectivity index (χ4n) is 4.51. The van der Waals surface area contributed by atoms with Crippen LogP contribution in [0.25, 0.3) is 0 Å². The summed E-state index contributed by atoms with van der Waals surface area (Å²) in [5, 5.41) is 3.53. The Morgan fingerprint density at radius 1 is 1.24 bits per heavy atom. The van der Waals surface area contributed by atoms with E-state index >= 15 is 0 Å². The Morgan fingerprint density at radius 3 is 2.76 bits per heavy atom. The Morgan fingerprint density at radius 2 is 2.04 bits per heavy atom.